The van der Waals surface area contributed by atoms with Gasteiger partial charge in [-0.1, -0.05) is 31.8 Å². The molecular formula is C27H25F2N7O2S. The van der Waals surface area contributed by atoms with Crippen molar-refractivity contribution >= 4 is 15.5 Å². The number of sulfone groups is 1. The van der Waals surface area contributed by atoms with Crippen LogP contribution in [0.15, 0.2) is 53.1 Å². The molecule has 0 N–H and O–H groups in total. The molecule has 0 saturated heterocycles. The maximum absolute atomic E-state index is 14.7. The van der Waals surface area contributed by atoms with Crippen LogP contribution in [0, 0.1) is 40.7 Å². The predicted molar refractivity (Wildman–Crippen MR) is 138 cm³/mol. The van der Waals surface area contributed by atoms with Crippen LogP contribution in [0.1, 0.15) is 37.9 Å². The molecule has 1 aliphatic heterocycles. The molecule has 9 nitrogen and oxygen atoms in total. The first-order chi connectivity index (χ1) is 18.5. The molecule has 3 aliphatic rings. The van der Waals surface area contributed by atoms with E-state index in [1.807, 2.05) is 6.07 Å². The highest BCUT2D eigenvalue weighted by Crippen LogP contribution is 2.63. The fourth-order valence-electron chi connectivity index (χ4n) is 6.47. The molecular weight excluding hydrogens is 524 g/mol. The van der Waals surface area contributed by atoms with Crippen molar-refractivity contribution in [1.29, 1.82) is 0 Å². The Kier molecular flexibility index (Phi) is 5.77. The highest BCUT2D eigenvalue weighted by Gasteiger charge is 2.62. The normalized spacial score (nSPS) is 28.9. The van der Waals surface area contributed by atoms with Gasteiger partial charge >= 0.3 is 0 Å². The van der Waals surface area contributed by atoms with Crippen molar-refractivity contribution in [2.24, 2.45) is 27.5 Å². The van der Waals surface area contributed by atoms with Gasteiger partial charge in [0.2, 0.25) is 0 Å². The van der Waals surface area contributed by atoms with Gasteiger partial charge in [-0.15, -0.1) is 0 Å². The Morgan fingerprint density at radius 1 is 1.13 bits per heavy atom. The highest BCUT2D eigenvalue weighted by atomic mass is 32.2. The number of rotatable bonds is 5. The number of nitrogens with zero attached hydrogens (tertiary/aromatic N) is 7. The fourth-order valence-corrected chi connectivity index (χ4v) is 7.10. The Labute approximate surface area is 224 Å². The van der Waals surface area contributed by atoms with E-state index in [0.29, 0.717) is 12.1 Å². The van der Waals surface area contributed by atoms with Crippen molar-refractivity contribution in [2.75, 3.05) is 6.26 Å². The van der Waals surface area contributed by atoms with Crippen molar-refractivity contribution < 1.29 is 17.2 Å². The van der Waals surface area contributed by atoms with Gasteiger partial charge in [-0.05, 0) is 48.4 Å². The lowest BCUT2D eigenvalue weighted by Gasteiger charge is -2.45. The van der Waals surface area contributed by atoms with Crippen molar-refractivity contribution in [3.05, 3.63) is 65.8 Å². The highest BCUT2D eigenvalue weighted by molar-refractivity contribution is 7.89. The summed E-state index contributed by atoms with van der Waals surface area (Å²) in [4.78, 5) is 13.5. The Bertz CT molecular complexity index is 1700. The van der Waals surface area contributed by atoms with Gasteiger partial charge in [0.05, 0.1) is 22.4 Å². The number of halogens is 2. The zero-order valence-electron chi connectivity index (χ0n) is 21.5. The van der Waals surface area contributed by atoms with Gasteiger partial charge in [0.1, 0.15) is 29.9 Å². The van der Waals surface area contributed by atoms with Gasteiger partial charge in [-0.25, -0.2) is 36.8 Å². The molecule has 2 aliphatic carbocycles. The summed E-state index contributed by atoms with van der Waals surface area (Å²) in [6.45, 7) is 4.29. The number of aromatic nitrogens is 5. The molecule has 0 spiro atoms. The third kappa shape index (κ3) is 3.98. The van der Waals surface area contributed by atoms with Crippen LogP contribution in [0.3, 0.4) is 0 Å². The molecule has 39 heavy (non-hydrogen) atoms. The first kappa shape index (κ1) is 25.4. The fraction of sp³-hybridized carbons (Fsp3) is 0.407. The van der Waals surface area contributed by atoms with E-state index in [1.165, 1.54) is 29.2 Å². The monoisotopic (exact) mass is 549 g/mol. The predicted octanol–water partition coefficient (Wildman–Crippen LogP) is 4.20. The van der Waals surface area contributed by atoms with Gasteiger partial charge in [-0.3, -0.25) is 0 Å². The minimum atomic E-state index is -3.39. The van der Waals surface area contributed by atoms with E-state index in [9.17, 15) is 17.2 Å². The number of hydrogen-bond acceptors (Lipinski definition) is 8. The van der Waals surface area contributed by atoms with Crippen molar-refractivity contribution in [1.82, 2.24) is 24.7 Å². The zero-order valence-corrected chi connectivity index (χ0v) is 22.3. The molecule has 2 unspecified atom stereocenters. The molecule has 1 aromatic carbocycles. The van der Waals surface area contributed by atoms with E-state index in [-0.39, 0.29) is 40.6 Å². The van der Waals surface area contributed by atoms with Crippen LogP contribution in [0.5, 0.6) is 0 Å². The van der Waals surface area contributed by atoms with Gasteiger partial charge in [0.15, 0.2) is 21.5 Å². The number of hydrogen-bond donors (Lipinski definition) is 0. The van der Waals surface area contributed by atoms with Crippen molar-refractivity contribution in [2.45, 2.75) is 44.0 Å². The van der Waals surface area contributed by atoms with Gasteiger partial charge in [0, 0.05) is 18.4 Å². The third-order valence-corrected chi connectivity index (χ3v) is 9.05. The summed E-state index contributed by atoms with van der Waals surface area (Å²) in [5.74, 6) is 5.04. The quantitative estimate of drug-likeness (QED) is 0.441. The number of fused-ring (bicyclic) bond motifs is 6. The first-order valence-corrected chi connectivity index (χ1v) is 14.5. The van der Waals surface area contributed by atoms with Crippen LogP contribution in [0.2, 0.25) is 0 Å². The van der Waals surface area contributed by atoms with Crippen LogP contribution in [-0.4, -0.2) is 45.4 Å². The van der Waals surface area contributed by atoms with Gasteiger partial charge < -0.3 is 0 Å². The molecule has 0 radical (unpaired) electrons. The summed E-state index contributed by atoms with van der Waals surface area (Å²) in [6, 6.07) is 4.90. The van der Waals surface area contributed by atoms with E-state index in [0.717, 1.165) is 12.7 Å². The average molecular weight is 550 g/mol. The second-order valence-electron chi connectivity index (χ2n) is 10.8. The van der Waals surface area contributed by atoms with Crippen LogP contribution >= 0.6 is 0 Å². The molecule has 12 heteroatoms. The van der Waals surface area contributed by atoms with E-state index in [1.54, 1.807) is 12.3 Å². The summed E-state index contributed by atoms with van der Waals surface area (Å²) in [6.07, 6.45) is 7.23. The summed E-state index contributed by atoms with van der Waals surface area (Å²) in [5.41, 5.74) is -0.519. The standard InChI is InChI=1S/C27H25F2N7O2S/c1-26(2)17-9-11-27(26,21-10-12-30-24(33-21)25-31-14-32-36(25)15-39(3,37)38)22-8-7-16(17)13-20(34-35-22)23-18(28)5-4-6-19(23)29/h4-6,10,12-14,16-17,22H,9,11,15H2,1-3H3/b20-13-,35-34-/t16?,17-,22?,27-/m0/s1. The summed E-state index contributed by atoms with van der Waals surface area (Å²) < 4.78 is 54.5. The Morgan fingerprint density at radius 3 is 2.64 bits per heavy atom. The zero-order chi connectivity index (χ0) is 27.6. The summed E-state index contributed by atoms with van der Waals surface area (Å²) in [5, 5.41) is 13.0. The minimum absolute atomic E-state index is 0.0376. The summed E-state index contributed by atoms with van der Waals surface area (Å²) >= 11 is 0. The van der Waals surface area contributed by atoms with E-state index in [2.05, 4.69) is 51.0 Å². The minimum Gasteiger partial charge on any atom is -0.234 e. The number of benzene rings is 1. The molecule has 3 heterocycles. The molecule has 1 saturated carbocycles. The average Bonchev–Trinajstić information content (AvgIpc) is 3.39. The molecule has 6 rings (SSSR count). The Hall–Kier alpha value is -3.85. The molecule has 3 aromatic rings. The molecule has 0 amide bonds. The van der Waals surface area contributed by atoms with Crippen LogP contribution in [-0.2, 0) is 21.1 Å². The second-order valence-corrected chi connectivity index (χ2v) is 12.9. The third-order valence-electron chi connectivity index (χ3n) is 8.34. The lowest BCUT2D eigenvalue weighted by molar-refractivity contribution is 0.122. The first-order valence-electron chi connectivity index (χ1n) is 12.5. The maximum Gasteiger partial charge on any atom is 0.197 e. The van der Waals surface area contributed by atoms with E-state index in [4.69, 9.17) is 4.98 Å². The molecule has 4 bridgehead atoms. The van der Waals surface area contributed by atoms with Gasteiger partial charge in [0.25, 0.3) is 0 Å². The number of azo groups is 1. The SMILES string of the molecule is CC1(C)[C@H]2CC[C@]1(c1ccnc(-c3ncnn3CS(C)(=O)=O)n1)C1C#CC2/C=C(c2c(F)cccc2F)\N=N/1. The van der Waals surface area contributed by atoms with Crippen molar-refractivity contribution in [3.8, 4) is 23.5 Å². The molecule has 4 atom stereocenters. The molecule has 1 fully saturated rings. The topological polar surface area (TPSA) is 115 Å². The van der Waals surface area contributed by atoms with Crippen LogP contribution in [0.25, 0.3) is 17.3 Å². The second kappa shape index (κ2) is 8.84. The van der Waals surface area contributed by atoms with Crippen LogP contribution in [0.4, 0.5) is 8.78 Å². The van der Waals surface area contributed by atoms with Crippen LogP contribution < -0.4 is 0 Å². The summed E-state index contributed by atoms with van der Waals surface area (Å²) in [7, 11) is -3.39. The van der Waals surface area contributed by atoms with E-state index >= 15 is 0 Å². The smallest absolute Gasteiger partial charge is 0.197 e. The largest absolute Gasteiger partial charge is 0.234 e. The lowest BCUT2D eigenvalue weighted by atomic mass is 9.59. The molecule has 200 valence electrons. The number of allylic oxidation sites excluding steroid dienone is 1. The lowest BCUT2D eigenvalue weighted by Crippen LogP contribution is -2.48. The maximum atomic E-state index is 14.7. The molecule has 2 aromatic heterocycles. The Morgan fingerprint density at radius 2 is 1.90 bits per heavy atom. The van der Waals surface area contributed by atoms with E-state index < -0.39 is 38.3 Å². The Balaban J connectivity index is 1.49. The van der Waals surface area contributed by atoms with Crippen molar-refractivity contribution in [3.63, 3.8) is 0 Å². The van der Waals surface area contributed by atoms with Gasteiger partial charge in [-0.2, -0.15) is 15.3 Å².